The number of hydrogen-bond acceptors (Lipinski definition) is 2. The van der Waals surface area contributed by atoms with Crippen LogP contribution in [0.1, 0.15) is 39.5 Å². The van der Waals surface area contributed by atoms with E-state index in [0.717, 1.165) is 18.2 Å². The summed E-state index contributed by atoms with van der Waals surface area (Å²) in [5, 5.41) is 0.761. The third-order valence-electron chi connectivity index (χ3n) is 1.72. The average Bonchev–Trinajstić information content (AvgIpc) is 1.99. The van der Waals surface area contributed by atoms with Gasteiger partial charge in [-0.2, -0.15) is 11.8 Å². The minimum atomic E-state index is 0.761. The molecule has 1 atom stereocenters. The Kier molecular flexibility index (Phi) is 8.64. The van der Waals surface area contributed by atoms with Gasteiger partial charge in [0.2, 0.25) is 0 Å². The van der Waals surface area contributed by atoms with Crippen LogP contribution in [-0.4, -0.2) is 17.5 Å². The van der Waals surface area contributed by atoms with Crippen LogP contribution in [-0.2, 0) is 0 Å². The van der Waals surface area contributed by atoms with Crippen LogP contribution in [0.4, 0.5) is 0 Å². The largest absolute Gasteiger partial charge is 0.330 e. The highest BCUT2D eigenvalue weighted by molar-refractivity contribution is 7.99. The highest BCUT2D eigenvalue weighted by Gasteiger charge is 1.99. The molecule has 0 saturated carbocycles. The topological polar surface area (TPSA) is 26.0 Å². The van der Waals surface area contributed by atoms with Gasteiger partial charge in [0.1, 0.15) is 0 Å². The Hall–Kier alpha value is 0.310. The van der Waals surface area contributed by atoms with Crippen molar-refractivity contribution >= 4 is 11.8 Å². The predicted molar refractivity (Wildman–Crippen MR) is 55.1 cm³/mol. The van der Waals surface area contributed by atoms with Gasteiger partial charge < -0.3 is 5.73 Å². The van der Waals surface area contributed by atoms with Crippen molar-refractivity contribution in [2.24, 2.45) is 5.73 Å². The standard InChI is InChI=1S/C9H21NS/c1-3-4-5-8-11-9(2)6-7-10/h9H,3-8,10H2,1-2H3. The molecule has 0 radical (unpaired) electrons. The molecule has 0 aliphatic heterocycles. The van der Waals surface area contributed by atoms with Crippen molar-refractivity contribution < 1.29 is 0 Å². The lowest BCUT2D eigenvalue weighted by Gasteiger charge is -2.08. The molecule has 2 heteroatoms. The minimum absolute atomic E-state index is 0.761. The summed E-state index contributed by atoms with van der Waals surface area (Å²) in [5.41, 5.74) is 5.45. The molecule has 0 fully saturated rings. The Labute approximate surface area is 75.1 Å². The molecule has 0 aliphatic carbocycles. The summed E-state index contributed by atoms with van der Waals surface area (Å²) in [4.78, 5) is 0. The molecule has 2 N–H and O–H groups in total. The molecule has 0 amide bonds. The van der Waals surface area contributed by atoms with Gasteiger partial charge in [0.05, 0.1) is 0 Å². The van der Waals surface area contributed by atoms with Gasteiger partial charge in [0, 0.05) is 5.25 Å². The summed E-state index contributed by atoms with van der Waals surface area (Å²) < 4.78 is 0. The highest BCUT2D eigenvalue weighted by Crippen LogP contribution is 2.15. The highest BCUT2D eigenvalue weighted by atomic mass is 32.2. The van der Waals surface area contributed by atoms with Crippen molar-refractivity contribution in [1.82, 2.24) is 0 Å². The number of hydrogen-bond donors (Lipinski definition) is 1. The monoisotopic (exact) mass is 175 g/mol. The minimum Gasteiger partial charge on any atom is -0.330 e. The lowest BCUT2D eigenvalue weighted by Crippen LogP contribution is -2.07. The third-order valence-corrected chi connectivity index (χ3v) is 3.05. The van der Waals surface area contributed by atoms with Crippen molar-refractivity contribution in [1.29, 1.82) is 0 Å². The number of rotatable bonds is 7. The molecule has 0 rings (SSSR count). The van der Waals surface area contributed by atoms with Crippen LogP contribution in [0.3, 0.4) is 0 Å². The molecule has 1 unspecified atom stereocenters. The fourth-order valence-corrected chi connectivity index (χ4v) is 2.03. The number of nitrogens with two attached hydrogens (primary N) is 1. The van der Waals surface area contributed by atoms with Gasteiger partial charge in [-0.25, -0.2) is 0 Å². The Bertz CT molecular complexity index is 76.0. The fraction of sp³-hybridized carbons (Fsp3) is 1.00. The van der Waals surface area contributed by atoms with Gasteiger partial charge in [-0.1, -0.05) is 26.7 Å². The van der Waals surface area contributed by atoms with Gasteiger partial charge in [-0.05, 0) is 25.1 Å². The number of thioether (sulfide) groups is 1. The van der Waals surface area contributed by atoms with E-state index in [4.69, 9.17) is 5.73 Å². The number of unbranched alkanes of at least 4 members (excludes halogenated alkanes) is 2. The summed E-state index contributed by atoms with van der Waals surface area (Å²) in [6.45, 7) is 5.35. The Morgan fingerprint density at radius 1 is 1.36 bits per heavy atom. The SMILES string of the molecule is CCCCCSC(C)CCN. The third kappa shape index (κ3) is 8.21. The molecular formula is C9H21NS. The Balaban J connectivity index is 2.97. The lowest BCUT2D eigenvalue weighted by atomic mass is 10.3. The van der Waals surface area contributed by atoms with E-state index in [1.165, 1.54) is 25.0 Å². The Morgan fingerprint density at radius 2 is 2.09 bits per heavy atom. The summed E-state index contributed by atoms with van der Waals surface area (Å²) in [5.74, 6) is 1.31. The van der Waals surface area contributed by atoms with Crippen LogP contribution < -0.4 is 5.73 Å². The molecule has 0 aromatic carbocycles. The van der Waals surface area contributed by atoms with Gasteiger partial charge in [-0.15, -0.1) is 0 Å². The van der Waals surface area contributed by atoms with Crippen molar-refractivity contribution in [3.05, 3.63) is 0 Å². The summed E-state index contributed by atoms with van der Waals surface area (Å²) in [6.07, 6.45) is 5.24. The second kappa shape index (κ2) is 8.41. The maximum absolute atomic E-state index is 5.45. The molecular weight excluding hydrogens is 154 g/mol. The molecule has 0 aliphatic rings. The first-order chi connectivity index (χ1) is 5.31. The lowest BCUT2D eigenvalue weighted by molar-refractivity contribution is 0.772. The van der Waals surface area contributed by atoms with Crippen LogP contribution in [0.15, 0.2) is 0 Å². The molecule has 0 saturated heterocycles. The van der Waals surface area contributed by atoms with Gasteiger partial charge in [0.15, 0.2) is 0 Å². The van der Waals surface area contributed by atoms with E-state index < -0.39 is 0 Å². The predicted octanol–water partition coefficient (Wildman–Crippen LogP) is 2.65. The molecule has 1 nitrogen and oxygen atoms in total. The van der Waals surface area contributed by atoms with Gasteiger partial charge in [-0.3, -0.25) is 0 Å². The van der Waals surface area contributed by atoms with Crippen molar-refractivity contribution in [2.45, 2.75) is 44.8 Å². The van der Waals surface area contributed by atoms with E-state index in [1.54, 1.807) is 0 Å². The van der Waals surface area contributed by atoms with E-state index in [1.807, 2.05) is 0 Å². The van der Waals surface area contributed by atoms with Crippen LogP contribution >= 0.6 is 11.8 Å². The van der Waals surface area contributed by atoms with E-state index in [2.05, 4.69) is 25.6 Å². The maximum Gasteiger partial charge on any atom is 0.00307 e. The van der Waals surface area contributed by atoms with Crippen molar-refractivity contribution in [3.8, 4) is 0 Å². The molecule has 0 heterocycles. The van der Waals surface area contributed by atoms with Crippen molar-refractivity contribution in [2.75, 3.05) is 12.3 Å². The molecule has 0 aromatic heterocycles. The average molecular weight is 175 g/mol. The molecule has 11 heavy (non-hydrogen) atoms. The quantitative estimate of drug-likeness (QED) is 0.602. The van der Waals surface area contributed by atoms with Crippen LogP contribution in [0.25, 0.3) is 0 Å². The molecule has 0 bridgehead atoms. The fourth-order valence-electron chi connectivity index (χ4n) is 0.955. The zero-order chi connectivity index (χ0) is 8.53. The molecule has 0 spiro atoms. The van der Waals surface area contributed by atoms with Crippen molar-refractivity contribution in [3.63, 3.8) is 0 Å². The summed E-state index contributed by atoms with van der Waals surface area (Å²) in [6, 6.07) is 0. The first kappa shape index (κ1) is 11.3. The van der Waals surface area contributed by atoms with Crippen LogP contribution in [0, 0.1) is 0 Å². The van der Waals surface area contributed by atoms with E-state index in [-0.39, 0.29) is 0 Å². The second-order valence-corrected chi connectivity index (χ2v) is 4.51. The second-order valence-electron chi connectivity index (χ2n) is 2.97. The maximum atomic E-state index is 5.45. The first-order valence-corrected chi connectivity index (χ1v) is 5.67. The van der Waals surface area contributed by atoms with E-state index in [0.29, 0.717) is 0 Å². The van der Waals surface area contributed by atoms with Gasteiger partial charge in [0.25, 0.3) is 0 Å². The summed E-state index contributed by atoms with van der Waals surface area (Å²) >= 11 is 2.06. The Morgan fingerprint density at radius 3 is 2.64 bits per heavy atom. The van der Waals surface area contributed by atoms with Gasteiger partial charge >= 0.3 is 0 Å². The smallest absolute Gasteiger partial charge is 0.00307 e. The zero-order valence-corrected chi connectivity index (χ0v) is 8.62. The van der Waals surface area contributed by atoms with E-state index >= 15 is 0 Å². The normalized spacial score (nSPS) is 13.4. The zero-order valence-electron chi connectivity index (χ0n) is 7.81. The van der Waals surface area contributed by atoms with Crippen LogP contribution in [0.2, 0.25) is 0 Å². The first-order valence-electron chi connectivity index (χ1n) is 4.63. The molecule has 0 aromatic rings. The van der Waals surface area contributed by atoms with E-state index in [9.17, 15) is 0 Å². The van der Waals surface area contributed by atoms with Crippen LogP contribution in [0.5, 0.6) is 0 Å². The summed E-state index contributed by atoms with van der Waals surface area (Å²) in [7, 11) is 0. The molecule has 68 valence electrons.